The van der Waals surface area contributed by atoms with E-state index in [1.165, 1.54) is 10.8 Å². The lowest BCUT2D eigenvalue weighted by Crippen LogP contribution is -1.96. The van der Waals surface area contributed by atoms with E-state index in [4.69, 9.17) is 11.6 Å². The van der Waals surface area contributed by atoms with E-state index in [9.17, 15) is 5.26 Å². The highest BCUT2D eigenvalue weighted by Crippen LogP contribution is 2.40. The zero-order chi connectivity index (χ0) is 36.6. The summed E-state index contributed by atoms with van der Waals surface area (Å²) in [6.45, 7) is 8.09. The van der Waals surface area contributed by atoms with Crippen LogP contribution in [0.15, 0.2) is 170 Å². The molecule has 0 spiro atoms. The molecule has 0 amide bonds. The van der Waals surface area contributed by atoms with Gasteiger partial charge in [-0.05, 0) is 108 Å². The number of hydrogen-bond donors (Lipinski definition) is 0. The van der Waals surface area contributed by atoms with Crippen LogP contribution in [-0.2, 0) is 0 Å². The van der Waals surface area contributed by atoms with Gasteiger partial charge in [0.15, 0.2) is 5.69 Å². The van der Waals surface area contributed by atoms with Crippen molar-refractivity contribution in [2.45, 2.75) is 0 Å². The Labute approximate surface area is 315 Å². The van der Waals surface area contributed by atoms with Crippen LogP contribution in [0.1, 0.15) is 5.56 Å². The number of fused-ring (bicyclic) bond motifs is 9. The Balaban J connectivity index is 1.13. The molecule has 0 aliphatic heterocycles. The van der Waals surface area contributed by atoms with Crippen molar-refractivity contribution in [3.05, 3.63) is 187 Å². The normalized spacial score (nSPS) is 11.6. The molecule has 7 aromatic carbocycles. The van der Waals surface area contributed by atoms with Crippen molar-refractivity contribution in [2.75, 3.05) is 0 Å². The molecule has 55 heavy (non-hydrogen) atoms. The third-order valence-corrected chi connectivity index (χ3v) is 10.9. The fourth-order valence-corrected chi connectivity index (χ4v) is 8.53. The van der Waals surface area contributed by atoms with E-state index in [2.05, 4.69) is 140 Å². The highest BCUT2D eigenvalue weighted by atomic mass is 15.0. The maximum absolute atomic E-state index is 9.67. The molecule has 4 aromatic heterocycles. The van der Waals surface area contributed by atoms with Crippen molar-refractivity contribution in [3.63, 3.8) is 0 Å². The molecule has 0 fully saturated rings. The van der Waals surface area contributed by atoms with Crippen LogP contribution >= 0.6 is 0 Å². The van der Waals surface area contributed by atoms with Gasteiger partial charge in [-0.15, -0.1) is 0 Å². The van der Waals surface area contributed by atoms with Gasteiger partial charge in [-0.3, -0.25) is 4.98 Å². The van der Waals surface area contributed by atoms with Gasteiger partial charge < -0.3 is 13.7 Å². The van der Waals surface area contributed by atoms with Crippen molar-refractivity contribution >= 4 is 71.2 Å². The molecular weight excluding hydrogens is 673 g/mol. The topological polar surface area (TPSA) is 55.8 Å². The van der Waals surface area contributed by atoms with E-state index in [-0.39, 0.29) is 0 Å². The molecule has 11 aromatic rings. The first-order valence-corrected chi connectivity index (χ1v) is 18.1. The van der Waals surface area contributed by atoms with Gasteiger partial charge in [-0.1, -0.05) is 66.7 Å². The second-order valence-electron chi connectivity index (χ2n) is 13.9. The molecule has 0 aliphatic rings. The molecule has 0 radical (unpaired) electrons. The molecule has 6 heteroatoms. The van der Waals surface area contributed by atoms with E-state index in [1.54, 1.807) is 0 Å². The summed E-state index contributed by atoms with van der Waals surface area (Å²) in [5.41, 5.74) is 13.5. The molecule has 0 bridgehead atoms. The second-order valence-corrected chi connectivity index (χ2v) is 13.9. The van der Waals surface area contributed by atoms with E-state index in [0.29, 0.717) is 11.3 Å². The van der Waals surface area contributed by atoms with Gasteiger partial charge in [-0.2, -0.15) is 5.26 Å². The minimum Gasteiger partial charge on any atom is -0.310 e. The number of aromatic nitrogens is 4. The van der Waals surface area contributed by atoms with Crippen molar-refractivity contribution in [1.82, 2.24) is 18.7 Å². The number of nitrogens with zero attached hydrogens (tertiary/aromatic N) is 6. The van der Waals surface area contributed by atoms with Gasteiger partial charge in [0.25, 0.3) is 0 Å². The number of rotatable bonds is 4. The molecule has 0 aliphatic carbocycles. The summed E-state index contributed by atoms with van der Waals surface area (Å²) in [5, 5.41) is 15.2. The first kappa shape index (κ1) is 30.7. The number of para-hydroxylation sites is 3. The van der Waals surface area contributed by atoms with E-state index in [0.717, 1.165) is 83.0 Å². The fourth-order valence-electron chi connectivity index (χ4n) is 8.53. The summed E-state index contributed by atoms with van der Waals surface area (Å²) in [6, 6.07) is 58.8. The highest BCUT2D eigenvalue weighted by molar-refractivity contribution is 6.18. The van der Waals surface area contributed by atoms with E-state index in [1.807, 2.05) is 54.7 Å². The van der Waals surface area contributed by atoms with Crippen LogP contribution in [0.3, 0.4) is 0 Å². The standard InChI is InChI=1S/C49H28N6/c1-51-34-24-33(26-37(27-34)55-44-18-8-5-15-38(44)40-23-31(30-50)20-21-45(40)55)32-11-9-14-36(25-32)54-46-19-10-22-52-49(46)42-29-47-41(28-48(42)54)39-16-6-7-17-43(39)53(47)35-12-3-2-4-13-35/h2-29H. The van der Waals surface area contributed by atoms with Gasteiger partial charge in [-0.25, -0.2) is 4.85 Å². The van der Waals surface area contributed by atoms with Crippen LogP contribution in [0, 0.1) is 17.9 Å². The predicted octanol–water partition coefficient (Wildman–Crippen LogP) is 12.5. The Hall–Kier alpha value is -7.93. The lowest BCUT2D eigenvalue weighted by atomic mass is 10.0. The second kappa shape index (κ2) is 11.8. The lowest BCUT2D eigenvalue weighted by Gasteiger charge is -2.14. The van der Waals surface area contributed by atoms with Crippen molar-refractivity contribution in [2.24, 2.45) is 0 Å². The van der Waals surface area contributed by atoms with Crippen LogP contribution < -0.4 is 0 Å². The predicted molar refractivity (Wildman–Crippen MR) is 224 cm³/mol. The number of pyridine rings is 1. The molecule has 0 N–H and O–H groups in total. The maximum Gasteiger partial charge on any atom is 0.189 e. The molecule has 0 unspecified atom stereocenters. The summed E-state index contributed by atoms with van der Waals surface area (Å²) < 4.78 is 6.86. The van der Waals surface area contributed by atoms with Gasteiger partial charge in [0.2, 0.25) is 0 Å². The Morgan fingerprint density at radius 2 is 1.07 bits per heavy atom. The SMILES string of the molecule is [C-]#[N+]c1cc(-c2cccc(-n3c4cc5c6ccccc6n(-c6ccccc6)c5cc4c4ncccc43)c2)cc(-n2c3ccccc3c3cc(C#N)ccc32)c1. The van der Waals surface area contributed by atoms with Crippen LogP contribution in [-0.4, -0.2) is 18.7 Å². The molecular formula is C49H28N6. The van der Waals surface area contributed by atoms with Crippen LogP contribution in [0.5, 0.6) is 0 Å². The maximum atomic E-state index is 9.67. The Morgan fingerprint density at radius 1 is 0.455 bits per heavy atom. The molecule has 4 heterocycles. The van der Waals surface area contributed by atoms with Crippen LogP contribution in [0.25, 0.3) is 98.6 Å². The molecule has 254 valence electrons. The first-order chi connectivity index (χ1) is 27.2. The summed E-state index contributed by atoms with van der Waals surface area (Å²) in [7, 11) is 0. The summed E-state index contributed by atoms with van der Waals surface area (Å²) >= 11 is 0. The largest absolute Gasteiger partial charge is 0.310 e. The highest BCUT2D eigenvalue weighted by Gasteiger charge is 2.20. The molecule has 0 saturated carbocycles. The Kier molecular flexibility index (Phi) is 6.58. The van der Waals surface area contributed by atoms with Gasteiger partial charge in [0.1, 0.15) is 0 Å². The Bertz CT molecular complexity index is 3460. The number of hydrogen-bond acceptors (Lipinski definition) is 2. The van der Waals surface area contributed by atoms with Gasteiger partial charge in [0, 0.05) is 50.2 Å². The third-order valence-electron chi connectivity index (χ3n) is 10.9. The molecule has 0 atom stereocenters. The number of nitriles is 1. The average Bonchev–Trinajstić information content (AvgIpc) is 3.88. The van der Waals surface area contributed by atoms with Gasteiger partial charge in [0.05, 0.1) is 56.8 Å². The van der Waals surface area contributed by atoms with Gasteiger partial charge >= 0.3 is 0 Å². The minimum atomic E-state index is 0.552. The average molecular weight is 701 g/mol. The van der Waals surface area contributed by atoms with Crippen LogP contribution in [0.2, 0.25) is 0 Å². The summed E-state index contributed by atoms with van der Waals surface area (Å²) in [6.07, 6.45) is 1.87. The number of benzene rings is 7. The molecule has 6 nitrogen and oxygen atoms in total. The quantitative estimate of drug-likeness (QED) is 0.172. The molecule has 0 saturated heterocycles. The summed E-state index contributed by atoms with van der Waals surface area (Å²) in [5.74, 6) is 0. The van der Waals surface area contributed by atoms with Crippen molar-refractivity contribution < 1.29 is 0 Å². The van der Waals surface area contributed by atoms with Crippen molar-refractivity contribution in [3.8, 4) is 34.3 Å². The zero-order valence-electron chi connectivity index (χ0n) is 29.3. The molecule has 11 rings (SSSR count). The minimum absolute atomic E-state index is 0.552. The third kappa shape index (κ3) is 4.56. The smallest absolute Gasteiger partial charge is 0.189 e. The monoisotopic (exact) mass is 700 g/mol. The fraction of sp³-hybridized carbons (Fsp3) is 0. The van der Waals surface area contributed by atoms with E-state index >= 15 is 0 Å². The van der Waals surface area contributed by atoms with Crippen molar-refractivity contribution in [1.29, 1.82) is 5.26 Å². The van der Waals surface area contributed by atoms with Crippen LogP contribution in [0.4, 0.5) is 5.69 Å². The zero-order valence-corrected chi connectivity index (χ0v) is 29.3. The lowest BCUT2D eigenvalue weighted by molar-refractivity contribution is 1.17. The first-order valence-electron chi connectivity index (χ1n) is 18.1. The Morgan fingerprint density at radius 3 is 1.85 bits per heavy atom. The van der Waals surface area contributed by atoms with E-state index < -0.39 is 0 Å². The summed E-state index contributed by atoms with van der Waals surface area (Å²) in [4.78, 5) is 8.86.